The van der Waals surface area contributed by atoms with Gasteiger partial charge >= 0.3 is 5.97 Å². The van der Waals surface area contributed by atoms with E-state index in [0.29, 0.717) is 5.92 Å². The minimum atomic E-state index is -0.205. The fourth-order valence-electron chi connectivity index (χ4n) is 3.21. The number of carbonyl (C=O) groups is 1. The van der Waals surface area contributed by atoms with Gasteiger partial charge in [0.25, 0.3) is 0 Å². The molecule has 0 spiro atoms. The topological polar surface area (TPSA) is 50.1 Å². The summed E-state index contributed by atoms with van der Waals surface area (Å²) in [5.74, 6) is 1.34. The van der Waals surface area contributed by atoms with E-state index in [0.717, 1.165) is 31.6 Å². The molecule has 0 aromatic rings. The minimum absolute atomic E-state index is 0.0168. The lowest BCUT2D eigenvalue weighted by Gasteiger charge is -2.25. The summed E-state index contributed by atoms with van der Waals surface area (Å²) in [5, 5.41) is 8.84. The molecular formula is C17H25NO2. The van der Waals surface area contributed by atoms with Gasteiger partial charge in [0, 0.05) is 12.0 Å². The van der Waals surface area contributed by atoms with E-state index in [4.69, 9.17) is 10.00 Å². The zero-order chi connectivity index (χ0) is 14.4. The normalized spacial score (nSPS) is 34.6. The third-order valence-electron chi connectivity index (χ3n) is 4.70. The standard InChI is InChI=1S/C17H25NO2/c1-13-2-4-14(5-3-13)8-11-17(19)20-16-9-6-15(12-18)7-10-16/h8,11,13-16H,2-7,9-10H2,1H3. The Bertz CT molecular complexity index is 380. The van der Waals surface area contributed by atoms with Crippen molar-refractivity contribution in [1.82, 2.24) is 0 Å². The third kappa shape index (κ3) is 4.67. The fraction of sp³-hybridized carbons (Fsp3) is 0.765. The van der Waals surface area contributed by atoms with Crippen LogP contribution in [0.5, 0.6) is 0 Å². The molecule has 0 amide bonds. The van der Waals surface area contributed by atoms with Gasteiger partial charge in [-0.3, -0.25) is 0 Å². The van der Waals surface area contributed by atoms with Crippen molar-refractivity contribution in [3.63, 3.8) is 0 Å². The summed E-state index contributed by atoms with van der Waals surface area (Å²) in [6.07, 6.45) is 12.0. The van der Waals surface area contributed by atoms with Crippen molar-refractivity contribution in [1.29, 1.82) is 5.26 Å². The number of hydrogen-bond acceptors (Lipinski definition) is 3. The van der Waals surface area contributed by atoms with Crippen LogP contribution in [0.15, 0.2) is 12.2 Å². The number of esters is 1. The molecule has 0 heterocycles. The number of rotatable bonds is 3. The number of hydrogen-bond donors (Lipinski definition) is 0. The molecule has 20 heavy (non-hydrogen) atoms. The first-order valence-electron chi connectivity index (χ1n) is 7.95. The van der Waals surface area contributed by atoms with Crippen LogP contribution in [0.25, 0.3) is 0 Å². The van der Waals surface area contributed by atoms with E-state index in [-0.39, 0.29) is 18.0 Å². The predicted molar refractivity (Wildman–Crippen MR) is 77.7 cm³/mol. The molecule has 2 fully saturated rings. The highest BCUT2D eigenvalue weighted by atomic mass is 16.5. The Labute approximate surface area is 122 Å². The Morgan fingerprint density at radius 3 is 2.35 bits per heavy atom. The molecule has 0 N–H and O–H groups in total. The van der Waals surface area contributed by atoms with Crippen LogP contribution < -0.4 is 0 Å². The zero-order valence-corrected chi connectivity index (χ0v) is 12.4. The molecule has 0 unspecified atom stereocenters. The first-order chi connectivity index (χ1) is 9.67. The SMILES string of the molecule is CC1CCC(C=CC(=O)OC2CCC(C#N)CC2)CC1. The Kier molecular flexibility index (Phi) is 5.64. The summed E-state index contributed by atoms with van der Waals surface area (Å²) < 4.78 is 5.46. The highest BCUT2D eigenvalue weighted by Crippen LogP contribution is 2.29. The molecule has 3 heteroatoms. The summed E-state index contributed by atoms with van der Waals surface area (Å²) in [6, 6.07) is 2.29. The lowest BCUT2D eigenvalue weighted by molar-refractivity contribution is -0.144. The van der Waals surface area contributed by atoms with Crippen molar-refractivity contribution in [2.45, 2.75) is 64.4 Å². The van der Waals surface area contributed by atoms with Crippen molar-refractivity contribution >= 4 is 5.97 Å². The molecular weight excluding hydrogens is 250 g/mol. The Balaban J connectivity index is 1.69. The van der Waals surface area contributed by atoms with E-state index >= 15 is 0 Å². The largest absolute Gasteiger partial charge is 0.459 e. The van der Waals surface area contributed by atoms with Crippen LogP contribution in [0.3, 0.4) is 0 Å². The lowest BCUT2D eigenvalue weighted by atomic mass is 9.83. The van der Waals surface area contributed by atoms with Gasteiger partial charge in [0.1, 0.15) is 6.10 Å². The van der Waals surface area contributed by atoms with Gasteiger partial charge in [0.05, 0.1) is 6.07 Å². The van der Waals surface area contributed by atoms with Gasteiger partial charge < -0.3 is 4.74 Å². The molecule has 2 aliphatic carbocycles. The second-order valence-corrected chi connectivity index (χ2v) is 6.42. The minimum Gasteiger partial charge on any atom is -0.459 e. The quantitative estimate of drug-likeness (QED) is 0.578. The van der Waals surface area contributed by atoms with Crippen LogP contribution in [0.4, 0.5) is 0 Å². The Morgan fingerprint density at radius 1 is 1.10 bits per heavy atom. The highest BCUT2D eigenvalue weighted by Gasteiger charge is 2.23. The van der Waals surface area contributed by atoms with Gasteiger partial charge in [-0.05, 0) is 50.4 Å². The van der Waals surface area contributed by atoms with Crippen molar-refractivity contribution in [2.75, 3.05) is 0 Å². The molecule has 3 nitrogen and oxygen atoms in total. The predicted octanol–water partition coefficient (Wildman–Crippen LogP) is 3.99. The maximum absolute atomic E-state index is 11.8. The monoisotopic (exact) mass is 275 g/mol. The second-order valence-electron chi connectivity index (χ2n) is 6.42. The number of allylic oxidation sites excluding steroid dienone is 1. The number of nitrogens with zero attached hydrogens (tertiary/aromatic N) is 1. The first-order valence-corrected chi connectivity index (χ1v) is 7.95. The molecule has 0 radical (unpaired) electrons. The number of nitriles is 1. The summed E-state index contributed by atoms with van der Waals surface area (Å²) >= 11 is 0. The van der Waals surface area contributed by atoms with Crippen molar-refractivity contribution in [3.8, 4) is 6.07 Å². The summed E-state index contributed by atoms with van der Waals surface area (Å²) in [7, 11) is 0. The van der Waals surface area contributed by atoms with Crippen LogP contribution in [0, 0.1) is 29.1 Å². The van der Waals surface area contributed by atoms with E-state index in [1.54, 1.807) is 6.08 Å². The molecule has 0 aromatic heterocycles. The maximum atomic E-state index is 11.8. The fourth-order valence-corrected chi connectivity index (χ4v) is 3.21. The zero-order valence-electron chi connectivity index (χ0n) is 12.4. The average molecular weight is 275 g/mol. The average Bonchev–Trinajstić information content (AvgIpc) is 2.47. The van der Waals surface area contributed by atoms with Gasteiger partial charge in [0.15, 0.2) is 0 Å². The van der Waals surface area contributed by atoms with Gasteiger partial charge in [0.2, 0.25) is 0 Å². The van der Waals surface area contributed by atoms with E-state index in [1.165, 1.54) is 25.7 Å². The van der Waals surface area contributed by atoms with Gasteiger partial charge in [-0.1, -0.05) is 25.8 Å². The molecule has 0 aromatic carbocycles. The molecule has 2 rings (SSSR count). The Hall–Kier alpha value is -1.30. The van der Waals surface area contributed by atoms with Crippen molar-refractivity contribution in [2.24, 2.45) is 17.8 Å². The molecule has 0 bridgehead atoms. The third-order valence-corrected chi connectivity index (χ3v) is 4.70. The van der Waals surface area contributed by atoms with Crippen LogP contribution in [-0.4, -0.2) is 12.1 Å². The highest BCUT2D eigenvalue weighted by molar-refractivity contribution is 5.82. The molecule has 0 saturated heterocycles. The van der Waals surface area contributed by atoms with E-state index in [1.807, 2.05) is 6.08 Å². The van der Waals surface area contributed by atoms with Crippen LogP contribution >= 0.6 is 0 Å². The number of carbonyl (C=O) groups excluding carboxylic acids is 1. The van der Waals surface area contributed by atoms with Crippen LogP contribution in [0.1, 0.15) is 58.3 Å². The smallest absolute Gasteiger partial charge is 0.330 e. The summed E-state index contributed by atoms with van der Waals surface area (Å²) in [4.78, 5) is 11.8. The summed E-state index contributed by atoms with van der Waals surface area (Å²) in [5.41, 5.74) is 0. The van der Waals surface area contributed by atoms with Crippen LogP contribution in [0.2, 0.25) is 0 Å². The summed E-state index contributed by atoms with van der Waals surface area (Å²) in [6.45, 7) is 2.30. The molecule has 2 aliphatic rings. The van der Waals surface area contributed by atoms with E-state index in [2.05, 4.69) is 13.0 Å². The number of ether oxygens (including phenoxy) is 1. The van der Waals surface area contributed by atoms with Gasteiger partial charge in [-0.25, -0.2) is 4.79 Å². The van der Waals surface area contributed by atoms with Crippen molar-refractivity contribution < 1.29 is 9.53 Å². The van der Waals surface area contributed by atoms with Crippen LogP contribution in [-0.2, 0) is 9.53 Å². The molecule has 2 saturated carbocycles. The van der Waals surface area contributed by atoms with E-state index in [9.17, 15) is 4.79 Å². The maximum Gasteiger partial charge on any atom is 0.330 e. The first kappa shape index (κ1) is 15.1. The van der Waals surface area contributed by atoms with Crippen molar-refractivity contribution in [3.05, 3.63) is 12.2 Å². The lowest BCUT2D eigenvalue weighted by Crippen LogP contribution is -2.23. The molecule has 0 aliphatic heterocycles. The Morgan fingerprint density at radius 2 is 1.75 bits per heavy atom. The molecule has 110 valence electrons. The second kappa shape index (κ2) is 7.47. The van der Waals surface area contributed by atoms with Gasteiger partial charge in [-0.15, -0.1) is 0 Å². The van der Waals surface area contributed by atoms with E-state index < -0.39 is 0 Å². The van der Waals surface area contributed by atoms with Gasteiger partial charge in [-0.2, -0.15) is 5.26 Å². The molecule has 0 atom stereocenters.